The van der Waals surface area contributed by atoms with Crippen LogP contribution in [0.25, 0.3) is 0 Å². The Labute approximate surface area is 289 Å². The van der Waals surface area contributed by atoms with Gasteiger partial charge < -0.3 is 28.4 Å². The minimum atomic E-state index is -1.54. The summed E-state index contributed by atoms with van der Waals surface area (Å²) < 4.78 is 30.1. The van der Waals surface area contributed by atoms with Gasteiger partial charge in [-0.3, -0.25) is 0 Å². The Morgan fingerprint density at radius 3 is 0.902 bits per heavy atom. The maximum atomic E-state index is 12.3. The summed E-state index contributed by atoms with van der Waals surface area (Å²) >= 11 is 0. The van der Waals surface area contributed by atoms with E-state index in [1.165, 1.54) is 101 Å². The molecular weight excluding hydrogens is 684 g/mol. The van der Waals surface area contributed by atoms with Crippen LogP contribution in [-0.4, -0.2) is 77.5 Å². The third kappa shape index (κ3) is 12.3. The normalized spacial score (nSPS) is 10.4. The maximum Gasteiger partial charge on any atom is 0.549 e. The molecule has 272 valence electrons. The van der Waals surface area contributed by atoms with Crippen molar-refractivity contribution >= 4 is 36.4 Å². The van der Waals surface area contributed by atoms with E-state index in [0.717, 1.165) is 0 Å². The van der Waals surface area contributed by atoms with Crippen molar-refractivity contribution in [3.63, 3.8) is 0 Å². The van der Waals surface area contributed by atoms with E-state index in [1.807, 2.05) is 0 Å². The summed E-state index contributed by atoms with van der Waals surface area (Å²) in [5, 5.41) is 0. The highest BCUT2D eigenvalue weighted by atomic mass is 17.2. The first-order valence-electron chi connectivity index (χ1n) is 14.6. The summed E-state index contributed by atoms with van der Waals surface area (Å²) in [6, 6.07) is 17.0. The Balaban J connectivity index is 1.58. The first kappa shape index (κ1) is 38.7. The van der Waals surface area contributed by atoms with Gasteiger partial charge in [-0.2, -0.15) is 14.4 Å². The van der Waals surface area contributed by atoms with Crippen LogP contribution < -0.4 is 14.2 Å². The van der Waals surface area contributed by atoms with Crippen molar-refractivity contribution in [2.24, 2.45) is 5.41 Å². The van der Waals surface area contributed by atoms with Gasteiger partial charge >= 0.3 is 36.4 Å². The highest BCUT2D eigenvalue weighted by Crippen LogP contribution is 2.25. The summed E-state index contributed by atoms with van der Waals surface area (Å²) in [6.07, 6.45) is -4.52. The molecule has 0 heterocycles. The molecular formula is C33H32O18. The number of ether oxygens (including phenoxy) is 6. The molecule has 3 aromatic carbocycles. The van der Waals surface area contributed by atoms with Crippen LogP contribution in [0.2, 0.25) is 0 Å². The first-order chi connectivity index (χ1) is 24.5. The summed E-state index contributed by atoms with van der Waals surface area (Å²) in [4.78, 5) is 100. The van der Waals surface area contributed by atoms with E-state index in [-0.39, 0.29) is 23.1 Å². The lowest BCUT2D eigenvalue weighted by molar-refractivity contribution is -0.217. The van der Waals surface area contributed by atoms with Crippen LogP contribution in [0.4, 0.5) is 14.4 Å². The van der Waals surface area contributed by atoms with E-state index in [9.17, 15) is 28.8 Å². The Hall–Kier alpha value is -6.72. The van der Waals surface area contributed by atoms with Crippen LogP contribution in [0.3, 0.4) is 0 Å². The van der Waals surface area contributed by atoms with E-state index in [0.29, 0.717) is 17.2 Å². The maximum absolute atomic E-state index is 12.3. The predicted molar refractivity (Wildman–Crippen MR) is 165 cm³/mol. The average molecular weight is 717 g/mol. The van der Waals surface area contributed by atoms with Crippen LogP contribution in [0, 0.1) is 5.41 Å². The molecule has 0 saturated carbocycles. The van der Waals surface area contributed by atoms with Crippen molar-refractivity contribution in [3.8, 4) is 17.2 Å². The number of methoxy groups -OCH3 is 3. The average Bonchev–Trinajstić information content (AvgIpc) is 3.17. The molecule has 0 N–H and O–H groups in total. The van der Waals surface area contributed by atoms with Crippen molar-refractivity contribution < 1.29 is 86.5 Å². The highest BCUT2D eigenvalue weighted by Gasteiger charge is 2.36. The SMILES string of the molecule is CCC(COC(=O)OOC(=O)c1ccc(OC)cc1)(COC(=O)OOC(=O)c1ccc(OC)cc1)COC(=O)OOC(=O)c1ccc(OC)cc1. The fraction of sp³-hybridized carbons (Fsp3) is 0.273. The van der Waals surface area contributed by atoms with Crippen molar-refractivity contribution in [3.05, 3.63) is 89.5 Å². The summed E-state index contributed by atoms with van der Waals surface area (Å²) in [5.74, 6) is -1.73. The molecule has 51 heavy (non-hydrogen) atoms. The zero-order chi connectivity index (χ0) is 37.2. The molecule has 0 aliphatic heterocycles. The lowest BCUT2D eigenvalue weighted by Crippen LogP contribution is -2.39. The molecule has 0 bridgehead atoms. The van der Waals surface area contributed by atoms with Gasteiger partial charge in [0.1, 0.15) is 37.1 Å². The number of rotatable bonds is 13. The minimum absolute atomic E-state index is 0.0192. The molecule has 0 spiro atoms. The lowest BCUT2D eigenvalue weighted by atomic mass is 9.88. The van der Waals surface area contributed by atoms with Crippen LogP contribution in [-0.2, 0) is 43.5 Å². The zero-order valence-electron chi connectivity index (χ0n) is 27.6. The monoisotopic (exact) mass is 716 g/mol. The van der Waals surface area contributed by atoms with Crippen molar-refractivity contribution in [1.29, 1.82) is 0 Å². The van der Waals surface area contributed by atoms with Crippen LogP contribution in [0.1, 0.15) is 44.4 Å². The Bertz CT molecular complexity index is 1440. The van der Waals surface area contributed by atoms with Gasteiger partial charge in [0.15, 0.2) is 0 Å². The van der Waals surface area contributed by atoms with Gasteiger partial charge in [0, 0.05) is 0 Å². The second kappa shape index (κ2) is 19.3. The number of carbonyl (C=O) groups excluding carboxylic acids is 6. The second-order valence-electron chi connectivity index (χ2n) is 10.0. The number of hydrogen-bond acceptors (Lipinski definition) is 18. The van der Waals surface area contributed by atoms with Crippen LogP contribution >= 0.6 is 0 Å². The Morgan fingerprint density at radius 2 is 0.686 bits per heavy atom. The van der Waals surface area contributed by atoms with Gasteiger partial charge in [-0.25, -0.2) is 43.7 Å². The molecule has 3 aromatic rings. The molecule has 0 fully saturated rings. The fourth-order valence-electron chi connectivity index (χ4n) is 3.68. The van der Waals surface area contributed by atoms with Crippen LogP contribution in [0.15, 0.2) is 72.8 Å². The smallest absolute Gasteiger partial charge is 0.497 e. The molecule has 0 saturated heterocycles. The summed E-state index contributed by atoms with van der Waals surface area (Å²) in [5.41, 5.74) is -1.49. The first-order valence-corrected chi connectivity index (χ1v) is 14.6. The van der Waals surface area contributed by atoms with E-state index < -0.39 is 61.6 Å². The molecule has 0 aliphatic rings. The van der Waals surface area contributed by atoms with Crippen molar-refractivity contribution in [2.45, 2.75) is 13.3 Å². The van der Waals surface area contributed by atoms with Crippen LogP contribution in [0.5, 0.6) is 17.2 Å². The molecule has 0 unspecified atom stereocenters. The third-order valence-corrected chi connectivity index (χ3v) is 6.77. The van der Waals surface area contributed by atoms with Gasteiger partial charge in [0.2, 0.25) is 0 Å². The van der Waals surface area contributed by atoms with E-state index in [1.54, 1.807) is 0 Å². The quantitative estimate of drug-likeness (QED) is 0.0963. The minimum Gasteiger partial charge on any atom is -0.497 e. The molecule has 0 aliphatic carbocycles. The third-order valence-electron chi connectivity index (χ3n) is 6.77. The molecule has 0 aromatic heterocycles. The highest BCUT2D eigenvalue weighted by molar-refractivity contribution is 5.90. The molecule has 0 atom stereocenters. The second-order valence-corrected chi connectivity index (χ2v) is 10.0. The van der Waals surface area contributed by atoms with E-state index in [2.05, 4.69) is 29.3 Å². The largest absolute Gasteiger partial charge is 0.549 e. The predicted octanol–water partition coefficient (Wildman–Crippen LogP) is 5.18. The number of carbonyl (C=O) groups is 6. The van der Waals surface area contributed by atoms with E-state index in [4.69, 9.17) is 28.4 Å². The van der Waals surface area contributed by atoms with Gasteiger partial charge in [-0.1, -0.05) is 6.92 Å². The van der Waals surface area contributed by atoms with Gasteiger partial charge in [0.05, 0.1) is 43.4 Å². The summed E-state index contributed by atoms with van der Waals surface area (Å²) in [6.45, 7) is -0.504. The van der Waals surface area contributed by atoms with Gasteiger partial charge in [-0.05, 0) is 79.2 Å². The van der Waals surface area contributed by atoms with Crippen molar-refractivity contribution in [2.75, 3.05) is 41.2 Å². The lowest BCUT2D eigenvalue weighted by Gasteiger charge is -2.29. The number of benzene rings is 3. The molecule has 3 rings (SSSR count). The Kier molecular flexibility index (Phi) is 14.7. The molecule has 0 amide bonds. The number of hydrogen-bond donors (Lipinski definition) is 0. The zero-order valence-corrected chi connectivity index (χ0v) is 27.6. The topological polar surface area (TPSA) is 213 Å². The molecule has 18 heteroatoms. The van der Waals surface area contributed by atoms with Gasteiger partial charge in [0.25, 0.3) is 0 Å². The molecule has 18 nitrogen and oxygen atoms in total. The van der Waals surface area contributed by atoms with Crippen molar-refractivity contribution in [1.82, 2.24) is 0 Å². The Morgan fingerprint density at radius 1 is 0.431 bits per heavy atom. The van der Waals surface area contributed by atoms with Gasteiger partial charge in [-0.15, -0.1) is 0 Å². The van der Waals surface area contributed by atoms with E-state index >= 15 is 0 Å². The fourth-order valence-corrected chi connectivity index (χ4v) is 3.68. The molecule has 0 radical (unpaired) electrons. The summed E-state index contributed by atoms with van der Waals surface area (Å²) in [7, 11) is 4.30. The standard InChI is InChI=1S/C33H32O18/c1-5-33(18-43-30(37)49-46-27(34)21-6-12-24(40-2)13-7-21,19-44-31(38)50-47-28(35)22-8-14-25(41-3)15-9-22)20-45-32(39)51-48-29(36)23-10-16-26(42-4)17-11-23/h6-17H,5,18-20H2,1-4H3.